The topological polar surface area (TPSA) is 78.0 Å². The monoisotopic (exact) mass is 425 g/mol. The Balaban J connectivity index is 1.39. The van der Waals surface area contributed by atoms with E-state index in [9.17, 15) is 18.0 Å². The van der Waals surface area contributed by atoms with Crippen LogP contribution in [0.1, 0.15) is 48.9 Å². The van der Waals surface area contributed by atoms with Crippen molar-refractivity contribution in [3.05, 3.63) is 17.0 Å². The molecule has 1 aromatic heterocycles. The van der Waals surface area contributed by atoms with Gasteiger partial charge in [-0.25, -0.2) is 8.42 Å². The minimum atomic E-state index is -3.61. The Bertz CT molecular complexity index is 831. The summed E-state index contributed by atoms with van der Waals surface area (Å²) in [5, 5.41) is 1.65. The van der Waals surface area contributed by atoms with Crippen molar-refractivity contribution >= 4 is 33.2 Å². The van der Waals surface area contributed by atoms with Crippen LogP contribution in [-0.2, 0) is 14.8 Å². The Morgan fingerprint density at radius 3 is 2.07 bits per heavy atom. The quantitative estimate of drug-likeness (QED) is 0.739. The summed E-state index contributed by atoms with van der Waals surface area (Å²) >= 11 is 1.11. The van der Waals surface area contributed by atoms with Crippen molar-refractivity contribution in [1.82, 2.24) is 14.1 Å². The van der Waals surface area contributed by atoms with Gasteiger partial charge in [0.2, 0.25) is 5.91 Å². The van der Waals surface area contributed by atoms with E-state index in [0.29, 0.717) is 31.5 Å². The molecule has 3 aliphatic heterocycles. The Morgan fingerprint density at radius 2 is 1.46 bits per heavy atom. The molecule has 0 aliphatic carbocycles. The first kappa shape index (κ1) is 19.8. The lowest BCUT2D eigenvalue weighted by molar-refractivity contribution is -0.135. The molecule has 0 bridgehead atoms. The number of nitrogens with zero attached hydrogens (tertiary/aromatic N) is 3. The summed E-state index contributed by atoms with van der Waals surface area (Å²) in [6.45, 7) is 3.88. The van der Waals surface area contributed by atoms with Gasteiger partial charge < -0.3 is 9.80 Å². The van der Waals surface area contributed by atoms with Gasteiger partial charge >= 0.3 is 0 Å². The first-order valence-corrected chi connectivity index (χ1v) is 12.5. The van der Waals surface area contributed by atoms with Gasteiger partial charge in [0, 0.05) is 50.6 Å². The number of piperidine rings is 1. The van der Waals surface area contributed by atoms with E-state index in [1.807, 2.05) is 4.90 Å². The van der Waals surface area contributed by atoms with E-state index in [-0.39, 0.29) is 21.9 Å². The summed E-state index contributed by atoms with van der Waals surface area (Å²) in [5.74, 6) is 0.0366. The van der Waals surface area contributed by atoms with Crippen LogP contribution in [0.25, 0.3) is 0 Å². The highest BCUT2D eigenvalue weighted by atomic mass is 32.2. The van der Waals surface area contributed by atoms with Gasteiger partial charge in [-0.15, -0.1) is 11.3 Å². The van der Waals surface area contributed by atoms with Crippen LogP contribution >= 0.6 is 11.3 Å². The Kier molecular flexibility index (Phi) is 5.76. The third kappa shape index (κ3) is 3.84. The van der Waals surface area contributed by atoms with Crippen LogP contribution in [0.3, 0.4) is 0 Å². The third-order valence-corrected chi connectivity index (χ3v) is 9.34. The van der Waals surface area contributed by atoms with E-state index >= 15 is 0 Å². The summed E-state index contributed by atoms with van der Waals surface area (Å²) in [7, 11) is -3.61. The van der Waals surface area contributed by atoms with Gasteiger partial charge in [-0.05, 0) is 44.6 Å². The molecular weight excluding hydrogens is 398 g/mol. The van der Waals surface area contributed by atoms with E-state index < -0.39 is 10.0 Å². The molecule has 3 aliphatic rings. The molecule has 3 fully saturated rings. The van der Waals surface area contributed by atoms with Crippen LogP contribution in [0.15, 0.2) is 15.7 Å². The van der Waals surface area contributed by atoms with Gasteiger partial charge in [0.15, 0.2) is 0 Å². The molecule has 2 amide bonds. The van der Waals surface area contributed by atoms with Crippen LogP contribution in [0.2, 0.25) is 0 Å². The standard InChI is InChI=1S/C19H27N3O4S2/c23-18(20-7-1-2-8-20)15-5-11-22(12-6-15)28(25,26)17-13-16(14-27-17)19(24)21-9-3-4-10-21/h13-15H,1-12H2. The van der Waals surface area contributed by atoms with Gasteiger partial charge in [-0.2, -0.15) is 4.31 Å². The molecule has 0 unspecified atom stereocenters. The van der Waals surface area contributed by atoms with E-state index in [1.165, 1.54) is 10.4 Å². The number of carbonyl (C=O) groups is 2. The summed E-state index contributed by atoms with van der Waals surface area (Å²) in [6.07, 6.45) is 5.28. The van der Waals surface area contributed by atoms with Crippen LogP contribution in [0, 0.1) is 5.92 Å². The minimum Gasteiger partial charge on any atom is -0.342 e. The maximum atomic E-state index is 13.0. The summed E-state index contributed by atoms with van der Waals surface area (Å²) < 4.78 is 27.7. The largest absolute Gasteiger partial charge is 0.342 e. The smallest absolute Gasteiger partial charge is 0.254 e. The zero-order chi connectivity index (χ0) is 19.7. The van der Waals surface area contributed by atoms with Crippen molar-refractivity contribution < 1.29 is 18.0 Å². The molecule has 3 saturated heterocycles. The Labute approximate surface area is 170 Å². The van der Waals surface area contributed by atoms with Crippen molar-refractivity contribution in [3.8, 4) is 0 Å². The molecule has 0 aromatic carbocycles. The highest BCUT2D eigenvalue weighted by molar-refractivity contribution is 7.91. The number of hydrogen-bond acceptors (Lipinski definition) is 5. The zero-order valence-corrected chi connectivity index (χ0v) is 17.6. The molecule has 28 heavy (non-hydrogen) atoms. The van der Waals surface area contributed by atoms with Crippen molar-refractivity contribution in [2.45, 2.75) is 42.7 Å². The van der Waals surface area contributed by atoms with Crippen molar-refractivity contribution in [3.63, 3.8) is 0 Å². The number of rotatable bonds is 4. The molecule has 0 N–H and O–H groups in total. The van der Waals surface area contributed by atoms with Crippen LogP contribution in [0.4, 0.5) is 0 Å². The molecule has 154 valence electrons. The molecule has 9 heteroatoms. The second kappa shape index (κ2) is 8.12. The van der Waals surface area contributed by atoms with Gasteiger partial charge in [0.1, 0.15) is 4.21 Å². The number of sulfonamides is 1. The fourth-order valence-corrected chi connectivity index (χ4v) is 7.11. The molecule has 0 saturated carbocycles. The number of thiophene rings is 1. The highest BCUT2D eigenvalue weighted by Crippen LogP contribution is 2.30. The second-order valence-electron chi connectivity index (χ2n) is 7.86. The zero-order valence-electron chi connectivity index (χ0n) is 16.0. The first-order valence-electron chi connectivity index (χ1n) is 10.1. The normalized spacial score (nSPS) is 22.1. The average molecular weight is 426 g/mol. The van der Waals surface area contributed by atoms with E-state index in [4.69, 9.17) is 0 Å². The van der Waals surface area contributed by atoms with Crippen LogP contribution < -0.4 is 0 Å². The van der Waals surface area contributed by atoms with E-state index in [1.54, 1.807) is 10.3 Å². The lowest BCUT2D eigenvalue weighted by atomic mass is 9.97. The van der Waals surface area contributed by atoms with E-state index in [2.05, 4.69) is 0 Å². The molecule has 4 rings (SSSR count). The molecule has 0 radical (unpaired) electrons. The number of hydrogen-bond donors (Lipinski definition) is 0. The molecule has 4 heterocycles. The Hall–Kier alpha value is -1.45. The summed E-state index contributed by atoms with van der Waals surface area (Å²) in [5.41, 5.74) is 0.463. The molecule has 0 spiro atoms. The molecule has 7 nitrogen and oxygen atoms in total. The van der Waals surface area contributed by atoms with Crippen molar-refractivity contribution in [2.24, 2.45) is 5.92 Å². The Morgan fingerprint density at radius 1 is 0.893 bits per heavy atom. The average Bonchev–Trinajstić information content (AvgIpc) is 3.49. The number of amides is 2. The van der Waals surface area contributed by atoms with Crippen LogP contribution in [0.5, 0.6) is 0 Å². The second-order valence-corrected chi connectivity index (χ2v) is 10.9. The van der Waals surface area contributed by atoms with Gasteiger partial charge in [0.25, 0.3) is 15.9 Å². The molecule has 1 aromatic rings. The predicted octanol–water partition coefficient (Wildman–Crippen LogP) is 2.01. The first-order chi connectivity index (χ1) is 13.5. The van der Waals surface area contributed by atoms with Crippen molar-refractivity contribution in [2.75, 3.05) is 39.3 Å². The molecule has 0 atom stereocenters. The van der Waals surface area contributed by atoms with E-state index in [0.717, 1.165) is 63.2 Å². The van der Waals surface area contributed by atoms with Gasteiger partial charge in [0.05, 0.1) is 5.56 Å². The predicted molar refractivity (Wildman–Crippen MR) is 107 cm³/mol. The number of likely N-dealkylation sites (tertiary alicyclic amines) is 2. The lowest BCUT2D eigenvalue weighted by Crippen LogP contribution is -2.43. The van der Waals surface area contributed by atoms with Gasteiger partial charge in [-0.3, -0.25) is 9.59 Å². The highest BCUT2D eigenvalue weighted by Gasteiger charge is 2.35. The third-order valence-electron chi connectivity index (χ3n) is 6.03. The maximum Gasteiger partial charge on any atom is 0.254 e. The summed E-state index contributed by atoms with van der Waals surface area (Å²) in [4.78, 5) is 28.7. The maximum absolute atomic E-state index is 13.0. The fourth-order valence-electron chi connectivity index (χ4n) is 4.33. The molecular formula is C19H27N3O4S2. The fraction of sp³-hybridized carbons (Fsp3) is 0.684. The minimum absolute atomic E-state index is 0.0693. The SMILES string of the molecule is O=C(c1csc(S(=O)(=O)N2CCC(C(=O)N3CCCC3)CC2)c1)N1CCCC1. The van der Waals surface area contributed by atoms with Crippen molar-refractivity contribution in [1.29, 1.82) is 0 Å². The van der Waals surface area contributed by atoms with Crippen LogP contribution in [-0.4, -0.2) is 73.6 Å². The lowest BCUT2D eigenvalue weighted by Gasteiger charge is -2.32. The summed E-state index contributed by atoms with van der Waals surface area (Å²) in [6, 6.07) is 1.52. The number of carbonyl (C=O) groups excluding carboxylic acids is 2. The van der Waals surface area contributed by atoms with Gasteiger partial charge in [-0.1, -0.05) is 0 Å².